The Balaban J connectivity index is 1.75. The van der Waals surface area contributed by atoms with E-state index in [1.54, 1.807) is 0 Å². The topological polar surface area (TPSA) is 35.5 Å². The predicted molar refractivity (Wildman–Crippen MR) is 76.2 cm³/mol. The predicted octanol–water partition coefficient (Wildman–Crippen LogP) is 3.40. The van der Waals surface area contributed by atoms with E-state index >= 15 is 0 Å². The maximum atomic E-state index is 13.7. The van der Waals surface area contributed by atoms with E-state index in [2.05, 4.69) is 0 Å². The molecule has 0 radical (unpaired) electrons. The first-order valence-electron chi connectivity index (χ1n) is 7.56. The first kappa shape index (κ1) is 15.6. The zero-order valence-corrected chi connectivity index (χ0v) is 13.0. The van der Waals surface area contributed by atoms with Gasteiger partial charge in [-0.25, -0.2) is 8.78 Å². The third-order valence-electron chi connectivity index (χ3n) is 4.95. The fraction of sp³-hybridized carbons (Fsp3) is 0.588. The molecule has 2 saturated heterocycles. The number of ether oxygens (including phenoxy) is 2. The fourth-order valence-electron chi connectivity index (χ4n) is 3.56. The van der Waals surface area contributed by atoms with E-state index in [-0.39, 0.29) is 30.0 Å². The van der Waals surface area contributed by atoms with Crippen LogP contribution < -0.4 is 0 Å². The second kappa shape index (κ2) is 5.10. The zero-order chi connectivity index (χ0) is 16.1. The van der Waals surface area contributed by atoms with Crippen molar-refractivity contribution in [2.24, 2.45) is 5.92 Å². The van der Waals surface area contributed by atoms with Crippen LogP contribution in [0.2, 0.25) is 0 Å². The lowest BCUT2D eigenvalue weighted by Crippen LogP contribution is -2.44. The Hall–Kier alpha value is -1.33. The summed E-state index contributed by atoms with van der Waals surface area (Å²) in [6.45, 7) is 5.74. The molecule has 0 unspecified atom stereocenters. The monoisotopic (exact) mass is 310 g/mol. The average molecular weight is 310 g/mol. The quantitative estimate of drug-likeness (QED) is 0.855. The number of carbonyl (C=O) groups excluding carboxylic acids is 1. The van der Waals surface area contributed by atoms with Gasteiger partial charge in [0.05, 0.1) is 18.3 Å². The van der Waals surface area contributed by atoms with Gasteiger partial charge in [-0.3, -0.25) is 4.79 Å². The van der Waals surface area contributed by atoms with Crippen molar-refractivity contribution in [3.05, 3.63) is 35.4 Å². The van der Waals surface area contributed by atoms with E-state index in [0.717, 1.165) is 18.2 Å². The van der Waals surface area contributed by atoms with Gasteiger partial charge in [0.2, 0.25) is 0 Å². The van der Waals surface area contributed by atoms with Gasteiger partial charge in [0.15, 0.2) is 5.78 Å². The number of ketones is 1. The summed E-state index contributed by atoms with van der Waals surface area (Å²) in [6.07, 6.45) is 0.480. The number of halogens is 2. The number of Topliss-reactive ketones (excluding diaryl/α,β-unsaturated/α-hetero) is 1. The molecule has 0 N–H and O–H groups in total. The zero-order valence-electron chi connectivity index (χ0n) is 13.0. The lowest BCUT2D eigenvalue weighted by Gasteiger charge is -2.30. The van der Waals surface area contributed by atoms with Gasteiger partial charge in [0.25, 0.3) is 0 Å². The molecule has 0 aromatic heterocycles. The maximum absolute atomic E-state index is 13.7. The van der Waals surface area contributed by atoms with Crippen LogP contribution in [0.1, 0.15) is 39.2 Å². The summed E-state index contributed by atoms with van der Waals surface area (Å²) in [5.41, 5.74) is -1.29. The smallest absolute Gasteiger partial charge is 0.167 e. The summed E-state index contributed by atoms with van der Waals surface area (Å²) in [7, 11) is 0. The van der Waals surface area contributed by atoms with Crippen LogP contribution in [0, 0.1) is 17.6 Å². The van der Waals surface area contributed by atoms with E-state index in [0.29, 0.717) is 12.8 Å². The third kappa shape index (κ3) is 2.27. The van der Waals surface area contributed by atoms with Gasteiger partial charge >= 0.3 is 0 Å². The molecule has 3 rings (SSSR count). The number of fused-ring (bicyclic) bond motifs is 2. The molecule has 2 heterocycles. The Labute approximate surface area is 128 Å². The molecule has 120 valence electrons. The molecule has 0 spiro atoms. The Morgan fingerprint density at radius 3 is 2.77 bits per heavy atom. The fourth-order valence-corrected chi connectivity index (χ4v) is 3.56. The second-order valence-corrected chi connectivity index (χ2v) is 6.80. The van der Waals surface area contributed by atoms with Crippen LogP contribution in [0.5, 0.6) is 0 Å². The van der Waals surface area contributed by atoms with Crippen molar-refractivity contribution >= 4 is 5.78 Å². The first-order chi connectivity index (χ1) is 10.3. The molecule has 2 bridgehead atoms. The molecule has 0 aliphatic carbocycles. The van der Waals surface area contributed by atoms with Crippen molar-refractivity contribution in [2.75, 3.05) is 0 Å². The number of hydrogen-bond acceptors (Lipinski definition) is 3. The van der Waals surface area contributed by atoms with Crippen molar-refractivity contribution in [3.63, 3.8) is 0 Å². The van der Waals surface area contributed by atoms with E-state index < -0.39 is 22.8 Å². The minimum atomic E-state index is -0.792. The molecule has 5 heteroatoms. The number of benzene rings is 1. The third-order valence-corrected chi connectivity index (χ3v) is 4.95. The SMILES string of the molecule is CC(C)[C@]12C[C@@H](OCc3cc(F)ccc3F)[C@](C)(CC1=O)O2. The second-order valence-electron chi connectivity index (χ2n) is 6.80. The molecule has 2 aliphatic rings. The van der Waals surface area contributed by atoms with Gasteiger partial charge in [-0.2, -0.15) is 0 Å². The van der Waals surface area contributed by atoms with Crippen molar-refractivity contribution < 1.29 is 23.0 Å². The Kier molecular flexibility index (Phi) is 3.61. The van der Waals surface area contributed by atoms with Crippen LogP contribution in [0.15, 0.2) is 18.2 Å². The minimum absolute atomic E-state index is 0.0322. The highest BCUT2D eigenvalue weighted by Crippen LogP contribution is 2.53. The first-order valence-corrected chi connectivity index (χ1v) is 7.56. The summed E-state index contributed by atoms with van der Waals surface area (Å²) < 4.78 is 38.7. The van der Waals surface area contributed by atoms with E-state index in [4.69, 9.17) is 9.47 Å². The summed E-state index contributed by atoms with van der Waals surface area (Å²) in [4.78, 5) is 12.2. The van der Waals surface area contributed by atoms with Gasteiger partial charge in [-0.15, -0.1) is 0 Å². The molecule has 22 heavy (non-hydrogen) atoms. The van der Waals surface area contributed by atoms with Crippen molar-refractivity contribution in [2.45, 2.75) is 57.5 Å². The molecular weight excluding hydrogens is 290 g/mol. The number of hydrogen-bond donors (Lipinski definition) is 0. The van der Waals surface area contributed by atoms with Gasteiger partial charge in [-0.1, -0.05) is 13.8 Å². The van der Waals surface area contributed by atoms with Gasteiger partial charge in [-0.05, 0) is 31.0 Å². The molecular formula is C17H20F2O3. The number of rotatable bonds is 4. The normalized spacial score (nSPS) is 33.9. The van der Waals surface area contributed by atoms with Crippen molar-refractivity contribution in [1.82, 2.24) is 0 Å². The number of carbonyl (C=O) groups is 1. The molecule has 3 atom stereocenters. The van der Waals surface area contributed by atoms with Crippen LogP contribution in [0.3, 0.4) is 0 Å². The Morgan fingerprint density at radius 2 is 2.14 bits per heavy atom. The molecule has 2 fully saturated rings. The molecule has 2 aliphatic heterocycles. The summed E-state index contributed by atoms with van der Waals surface area (Å²) >= 11 is 0. The lowest BCUT2D eigenvalue weighted by atomic mass is 9.74. The average Bonchev–Trinajstić information content (AvgIpc) is 2.88. The standard InChI is InChI=1S/C17H20F2O3/c1-10(2)17-8-15(16(3,22-17)7-14(17)20)21-9-11-6-12(18)4-5-13(11)19/h4-6,10,15H,7-9H2,1-3H3/t15-,16+,17-/m1/s1. The van der Waals surface area contributed by atoms with E-state index in [9.17, 15) is 13.6 Å². The summed E-state index contributed by atoms with van der Waals surface area (Å²) in [5, 5.41) is 0. The highest BCUT2D eigenvalue weighted by atomic mass is 19.1. The van der Waals surface area contributed by atoms with Crippen molar-refractivity contribution in [1.29, 1.82) is 0 Å². The maximum Gasteiger partial charge on any atom is 0.167 e. The molecule has 1 aromatic carbocycles. The van der Waals surface area contributed by atoms with Gasteiger partial charge in [0, 0.05) is 18.4 Å². The van der Waals surface area contributed by atoms with Crippen LogP contribution in [-0.2, 0) is 20.9 Å². The lowest BCUT2D eigenvalue weighted by molar-refractivity contribution is -0.136. The Bertz CT molecular complexity index is 616. The van der Waals surface area contributed by atoms with Crippen molar-refractivity contribution in [3.8, 4) is 0 Å². The molecule has 0 amide bonds. The van der Waals surface area contributed by atoms with Crippen LogP contribution in [-0.4, -0.2) is 23.1 Å². The van der Waals surface area contributed by atoms with E-state index in [1.165, 1.54) is 0 Å². The molecule has 3 nitrogen and oxygen atoms in total. The molecule has 0 saturated carbocycles. The highest BCUT2D eigenvalue weighted by Gasteiger charge is 2.65. The van der Waals surface area contributed by atoms with Gasteiger partial charge < -0.3 is 9.47 Å². The van der Waals surface area contributed by atoms with Gasteiger partial charge in [0.1, 0.15) is 17.2 Å². The summed E-state index contributed by atoms with van der Waals surface area (Å²) in [6, 6.07) is 3.30. The highest BCUT2D eigenvalue weighted by molar-refractivity contribution is 5.92. The molecule has 1 aromatic rings. The van der Waals surface area contributed by atoms with Crippen LogP contribution in [0.4, 0.5) is 8.78 Å². The van der Waals surface area contributed by atoms with Crippen LogP contribution in [0.25, 0.3) is 0 Å². The Morgan fingerprint density at radius 1 is 1.41 bits per heavy atom. The summed E-state index contributed by atoms with van der Waals surface area (Å²) in [5.74, 6) is -0.822. The largest absolute Gasteiger partial charge is 0.370 e. The van der Waals surface area contributed by atoms with Crippen LogP contribution >= 0.6 is 0 Å². The van der Waals surface area contributed by atoms with E-state index in [1.807, 2.05) is 20.8 Å². The minimum Gasteiger partial charge on any atom is -0.370 e.